The van der Waals surface area contributed by atoms with Gasteiger partial charge in [0.2, 0.25) is 0 Å². The quantitative estimate of drug-likeness (QED) is 0.579. The molecule has 0 bridgehead atoms. The topological polar surface area (TPSA) is 59.1 Å². The second-order valence-electron chi connectivity index (χ2n) is 3.37. The molecule has 0 fully saturated rings. The van der Waals surface area contributed by atoms with Crippen LogP contribution in [-0.2, 0) is 0 Å². The minimum Gasteiger partial charge on any atom is -0.490 e. The summed E-state index contributed by atoms with van der Waals surface area (Å²) in [6, 6.07) is 3.80. The monoisotopic (exact) mass is 412 g/mol. The first-order valence-corrected chi connectivity index (χ1v) is 6.91. The summed E-state index contributed by atoms with van der Waals surface area (Å²) in [5.41, 5.74) is 5.37. The molecule has 1 rings (SSSR count). The lowest BCUT2D eigenvalue weighted by atomic mass is 10.2. The van der Waals surface area contributed by atoms with Crippen LogP contribution in [0, 0.1) is 11.3 Å². The van der Waals surface area contributed by atoms with Gasteiger partial charge in [-0.15, -0.1) is 0 Å². The van der Waals surface area contributed by atoms with Crippen LogP contribution in [0.1, 0.15) is 6.92 Å². The van der Waals surface area contributed by atoms with Crippen molar-refractivity contribution in [2.24, 2.45) is 11.7 Å². The number of nitrogens with two attached hydrogens (primary N) is 1. The first kappa shape index (κ1) is 14.0. The third kappa shape index (κ3) is 3.75. The van der Waals surface area contributed by atoms with Crippen LogP contribution < -0.4 is 10.5 Å². The summed E-state index contributed by atoms with van der Waals surface area (Å²) in [6.45, 7) is 2.23. The molecule has 0 amide bonds. The smallest absolute Gasteiger partial charge is 0.147 e. The lowest BCUT2D eigenvalue weighted by Gasteiger charge is -2.14. The van der Waals surface area contributed by atoms with E-state index in [2.05, 4.69) is 47.8 Å². The molecule has 1 unspecified atom stereocenters. The van der Waals surface area contributed by atoms with E-state index >= 15 is 0 Å². The lowest BCUT2D eigenvalue weighted by Crippen LogP contribution is -2.25. The van der Waals surface area contributed by atoms with Gasteiger partial charge in [-0.25, -0.2) is 0 Å². The van der Waals surface area contributed by atoms with Gasteiger partial charge in [-0.1, -0.05) is 22.9 Å². The fourth-order valence-electron chi connectivity index (χ4n) is 0.965. The fraction of sp³-hybridized carbons (Fsp3) is 0.300. The molecule has 0 aliphatic heterocycles. The SMILES string of the molecule is CC(COc1c(Br)cc(Br)cc1Br)C(=N)N. The Labute approximate surface area is 120 Å². The van der Waals surface area contributed by atoms with Gasteiger partial charge in [0.25, 0.3) is 0 Å². The molecular formula is C10H11Br3N2O. The average Bonchev–Trinajstić information content (AvgIpc) is 2.15. The van der Waals surface area contributed by atoms with E-state index in [0.29, 0.717) is 6.61 Å². The number of hydrogen-bond acceptors (Lipinski definition) is 2. The van der Waals surface area contributed by atoms with E-state index in [1.165, 1.54) is 0 Å². The number of hydrogen-bond donors (Lipinski definition) is 2. The van der Waals surface area contributed by atoms with Crippen molar-refractivity contribution in [2.45, 2.75) is 6.92 Å². The summed E-state index contributed by atoms with van der Waals surface area (Å²) >= 11 is 10.2. The van der Waals surface area contributed by atoms with Gasteiger partial charge in [0.05, 0.1) is 21.4 Å². The van der Waals surface area contributed by atoms with Crippen molar-refractivity contribution in [1.29, 1.82) is 5.41 Å². The molecule has 1 atom stereocenters. The van der Waals surface area contributed by atoms with Crippen molar-refractivity contribution < 1.29 is 4.74 Å². The summed E-state index contributed by atoms with van der Waals surface area (Å²) < 4.78 is 8.27. The Hall–Kier alpha value is -0.0700. The number of benzene rings is 1. The minimum absolute atomic E-state index is 0.0950. The second kappa shape index (κ2) is 6.02. The number of rotatable bonds is 4. The largest absolute Gasteiger partial charge is 0.490 e. The Balaban J connectivity index is 2.78. The van der Waals surface area contributed by atoms with E-state index in [4.69, 9.17) is 15.9 Å². The summed E-state index contributed by atoms with van der Waals surface area (Å²) in [7, 11) is 0. The van der Waals surface area contributed by atoms with Crippen LogP contribution in [0.15, 0.2) is 25.6 Å². The van der Waals surface area contributed by atoms with E-state index in [-0.39, 0.29) is 11.8 Å². The second-order valence-corrected chi connectivity index (χ2v) is 5.99. The van der Waals surface area contributed by atoms with Crippen molar-refractivity contribution in [3.63, 3.8) is 0 Å². The molecule has 0 aliphatic carbocycles. The predicted octanol–water partition coefficient (Wildman–Crippen LogP) is 3.92. The summed E-state index contributed by atoms with van der Waals surface area (Å²) in [6.07, 6.45) is 0. The molecule has 0 saturated heterocycles. The molecule has 16 heavy (non-hydrogen) atoms. The highest BCUT2D eigenvalue weighted by atomic mass is 79.9. The number of nitrogens with one attached hydrogen (secondary N) is 1. The van der Waals surface area contributed by atoms with Crippen LogP contribution in [0.5, 0.6) is 5.75 Å². The maximum Gasteiger partial charge on any atom is 0.147 e. The molecule has 0 aromatic heterocycles. The normalized spacial score (nSPS) is 12.2. The van der Waals surface area contributed by atoms with E-state index < -0.39 is 0 Å². The van der Waals surface area contributed by atoms with Crippen molar-refractivity contribution >= 4 is 53.6 Å². The van der Waals surface area contributed by atoms with E-state index in [1.807, 2.05) is 19.1 Å². The first-order chi connectivity index (χ1) is 7.41. The molecular weight excluding hydrogens is 404 g/mol. The first-order valence-electron chi connectivity index (χ1n) is 4.53. The zero-order chi connectivity index (χ0) is 12.3. The molecule has 1 aromatic rings. The Morgan fingerprint density at radius 3 is 2.31 bits per heavy atom. The van der Waals surface area contributed by atoms with Gasteiger partial charge >= 0.3 is 0 Å². The maximum absolute atomic E-state index is 7.27. The van der Waals surface area contributed by atoms with E-state index in [0.717, 1.165) is 19.2 Å². The van der Waals surface area contributed by atoms with Gasteiger partial charge in [-0.05, 0) is 44.0 Å². The van der Waals surface area contributed by atoms with Gasteiger partial charge in [-0.3, -0.25) is 5.41 Å². The highest BCUT2D eigenvalue weighted by Gasteiger charge is 2.11. The Kier molecular flexibility index (Phi) is 5.27. The molecule has 0 radical (unpaired) electrons. The Morgan fingerprint density at radius 2 is 1.88 bits per heavy atom. The van der Waals surface area contributed by atoms with Gasteiger partial charge < -0.3 is 10.5 Å². The molecule has 6 heteroatoms. The van der Waals surface area contributed by atoms with Crippen molar-refractivity contribution in [2.75, 3.05) is 6.61 Å². The molecule has 88 valence electrons. The molecule has 0 aliphatic rings. The standard InChI is InChI=1S/C10H11Br3N2O/c1-5(10(14)15)4-16-9-7(12)2-6(11)3-8(9)13/h2-3,5H,4H2,1H3,(H3,14,15). The van der Waals surface area contributed by atoms with Crippen molar-refractivity contribution in [3.05, 3.63) is 25.6 Å². The number of amidine groups is 1. The number of ether oxygens (including phenoxy) is 1. The van der Waals surface area contributed by atoms with Crippen LogP contribution in [0.2, 0.25) is 0 Å². The maximum atomic E-state index is 7.27. The molecule has 1 aromatic carbocycles. The van der Waals surface area contributed by atoms with Crippen LogP contribution in [-0.4, -0.2) is 12.4 Å². The van der Waals surface area contributed by atoms with Crippen molar-refractivity contribution in [1.82, 2.24) is 0 Å². The van der Waals surface area contributed by atoms with Gasteiger partial charge in [0.1, 0.15) is 5.75 Å². The van der Waals surface area contributed by atoms with Crippen LogP contribution in [0.4, 0.5) is 0 Å². The zero-order valence-electron chi connectivity index (χ0n) is 8.56. The predicted molar refractivity (Wildman–Crippen MR) is 76.1 cm³/mol. The average molecular weight is 415 g/mol. The summed E-state index contributed by atoms with van der Waals surface area (Å²) in [4.78, 5) is 0. The third-order valence-corrected chi connectivity index (χ3v) is 3.61. The van der Waals surface area contributed by atoms with Crippen molar-refractivity contribution in [3.8, 4) is 5.75 Å². The highest BCUT2D eigenvalue weighted by Crippen LogP contribution is 2.36. The summed E-state index contributed by atoms with van der Waals surface area (Å²) in [5, 5.41) is 7.27. The molecule has 0 spiro atoms. The number of halogens is 3. The van der Waals surface area contributed by atoms with Crippen LogP contribution >= 0.6 is 47.8 Å². The van der Waals surface area contributed by atoms with E-state index in [1.54, 1.807) is 0 Å². The zero-order valence-corrected chi connectivity index (χ0v) is 13.3. The van der Waals surface area contributed by atoms with Crippen LogP contribution in [0.25, 0.3) is 0 Å². The van der Waals surface area contributed by atoms with Gasteiger partial charge in [0, 0.05) is 10.4 Å². The van der Waals surface area contributed by atoms with E-state index in [9.17, 15) is 0 Å². The van der Waals surface area contributed by atoms with Gasteiger partial charge in [0.15, 0.2) is 0 Å². The third-order valence-electron chi connectivity index (χ3n) is 1.97. The Morgan fingerprint density at radius 1 is 1.38 bits per heavy atom. The van der Waals surface area contributed by atoms with Gasteiger partial charge in [-0.2, -0.15) is 0 Å². The molecule has 3 N–H and O–H groups in total. The van der Waals surface area contributed by atoms with Crippen LogP contribution in [0.3, 0.4) is 0 Å². The molecule has 0 heterocycles. The fourth-order valence-corrected chi connectivity index (χ4v) is 3.45. The molecule has 3 nitrogen and oxygen atoms in total. The Bertz CT molecular complexity index is 386. The molecule has 0 saturated carbocycles. The lowest BCUT2D eigenvalue weighted by molar-refractivity contribution is 0.288. The summed E-state index contributed by atoms with van der Waals surface area (Å²) in [5.74, 6) is 0.753. The highest BCUT2D eigenvalue weighted by molar-refractivity contribution is 9.11. The minimum atomic E-state index is -0.0950.